The van der Waals surface area contributed by atoms with Crippen LogP contribution in [0.5, 0.6) is 0 Å². The Hall–Kier alpha value is -0.0800. The minimum atomic E-state index is 0.619. The molecular weight excluding hydrogens is 150 g/mol. The summed E-state index contributed by atoms with van der Waals surface area (Å²) in [6.07, 6.45) is 2.74. The Balaban J connectivity index is 2.08. The fourth-order valence-corrected chi connectivity index (χ4v) is 1.73. The quantitative estimate of drug-likeness (QED) is 0.679. The molecule has 1 rings (SSSR count). The van der Waals surface area contributed by atoms with Gasteiger partial charge in [0.25, 0.3) is 0 Å². The second kappa shape index (κ2) is 4.83. The Morgan fingerprint density at radius 1 is 1.33 bits per heavy atom. The van der Waals surface area contributed by atoms with Gasteiger partial charge in [-0.3, -0.25) is 0 Å². The van der Waals surface area contributed by atoms with E-state index >= 15 is 0 Å². The number of ether oxygens (including phenoxy) is 1. The highest BCUT2D eigenvalue weighted by Gasteiger charge is 2.30. The molecule has 0 saturated heterocycles. The van der Waals surface area contributed by atoms with Crippen LogP contribution in [0.25, 0.3) is 0 Å². The van der Waals surface area contributed by atoms with Crippen molar-refractivity contribution < 1.29 is 4.74 Å². The molecule has 2 atom stereocenters. The summed E-state index contributed by atoms with van der Waals surface area (Å²) in [6, 6.07) is 0.619. The van der Waals surface area contributed by atoms with E-state index in [2.05, 4.69) is 19.2 Å². The van der Waals surface area contributed by atoms with Crippen LogP contribution in [0.15, 0.2) is 0 Å². The highest BCUT2D eigenvalue weighted by Crippen LogP contribution is 2.33. The van der Waals surface area contributed by atoms with Crippen molar-refractivity contribution in [2.75, 3.05) is 20.3 Å². The topological polar surface area (TPSA) is 21.3 Å². The number of nitrogens with one attached hydrogen (secondary N) is 1. The molecule has 1 aliphatic rings. The van der Waals surface area contributed by atoms with Crippen molar-refractivity contribution in [3.63, 3.8) is 0 Å². The van der Waals surface area contributed by atoms with E-state index < -0.39 is 0 Å². The molecule has 0 heterocycles. The van der Waals surface area contributed by atoms with Gasteiger partial charge in [0.2, 0.25) is 0 Å². The first-order valence-corrected chi connectivity index (χ1v) is 4.96. The van der Waals surface area contributed by atoms with E-state index in [4.69, 9.17) is 4.74 Å². The summed E-state index contributed by atoms with van der Waals surface area (Å²) in [5, 5.41) is 3.48. The zero-order valence-electron chi connectivity index (χ0n) is 8.47. The maximum absolute atomic E-state index is 5.16. The minimum Gasteiger partial charge on any atom is -0.384 e. The van der Waals surface area contributed by atoms with Gasteiger partial charge in [0.15, 0.2) is 0 Å². The lowest BCUT2D eigenvalue weighted by Crippen LogP contribution is -2.39. The first kappa shape index (κ1) is 10.0. The van der Waals surface area contributed by atoms with Crippen LogP contribution in [0.3, 0.4) is 0 Å². The third-order valence-corrected chi connectivity index (χ3v) is 2.74. The van der Waals surface area contributed by atoms with Gasteiger partial charge in [-0.25, -0.2) is 0 Å². The maximum Gasteiger partial charge on any atom is 0.0493 e. The van der Waals surface area contributed by atoms with Gasteiger partial charge in [0.05, 0.1) is 0 Å². The molecule has 0 aromatic heterocycles. The predicted molar refractivity (Wildman–Crippen MR) is 51.2 cm³/mol. The van der Waals surface area contributed by atoms with Gasteiger partial charge in [0, 0.05) is 19.8 Å². The number of methoxy groups -OCH3 is 1. The van der Waals surface area contributed by atoms with Crippen LogP contribution in [0.1, 0.15) is 26.7 Å². The van der Waals surface area contributed by atoms with Gasteiger partial charge < -0.3 is 10.1 Å². The van der Waals surface area contributed by atoms with Crippen LogP contribution < -0.4 is 5.32 Å². The van der Waals surface area contributed by atoms with Gasteiger partial charge in [-0.1, -0.05) is 13.8 Å². The van der Waals surface area contributed by atoms with Gasteiger partial charge in [-0.2, -0.15) is 0 Å². The van der Waals surface area contributed by atoms with Crippen molar-refractivity contribution in [2.24, 2.45) is 11.8 Å². The predicted octanol–water partition coefficient (Wildman–Crippen LogP) is 1.66. The minimum absolute atomic E-state index is 0.619. The monoisotopic (exact) mass is 171 g/mol. The van der Waals surface area contributed by atoms with E-state index in [1.807, 2.05) is 0 Å². The molecule has 1 saturated carbocycles. The van der Waals surface area contributed by atoms with Crippen LogP contribution in [0.2, 0.25) is 0 Å². The first-order chi connectivity index (χ1) is 5.74. The van der Waals surface area contributed by atoms with Crippen molar-refractivity contribution in [1.82, 2.24) is 5.32 Å². The largest absolute Gasteiger partial charge is 0.384 e. The Labute approximate surface area is 75.7 Å². The summed E-state index contributed by atoms with van der Waals surface area (Å²) in [7, 11) is 1.80. The van der Waals surface area contributed by atoms with Crippen molar-refractivity contribution in [3.05, 3.63) is 0 Å². The third-order valence-electron chi connectivity index (χ3n) is 2.74. The highest BCUT2D eigenvalue weighted by atomic mass is 16.5. The average molecular weight is 171 g/mol. The van der Waals surface area contributed by atoms with Crippen LogP contribution in [0, 0.1) is 11.8 Å². The molecule has 1 N–H and O–H groups in total. The molecule has 0 unspecified atom stereocenters. The van der Waals surface area contributed by atoms with E-state index in [1.54, 1.807) is 7.11 Å². The Kier molecular flexibility index (Phi) is 4.02. The molecule has 0 spiro atoms. The fourth-order valence-electron chi connectivity index (χ4n) is 1.73. The summed E-state index contributed by atoms with van der Waals surface area (Å²) in [5.74, 6) is 1.69. The second-order valence-corrected chi connectivity index (χ2v) is 4.12. The number of hydrogen-bond donors (Lipinski definition) is 1. The summed E-state index contributed by atoms with van der Waals surface area (Å²) in [5.41, 5.74) is 0. The van der Waals surface area contributed by atoms with Crippen LogP contribution in [0.4, 0.5) is 0 Å². The normalized spacial score (nSPS) is 29.0. The molecule has 2 heteroatoms. The van der Waals surface area contributed by atoms with Gasteiger partial charge in [-0.15, -0.1) is 0 Å². The molecule has 1 fully saturated rings. The van der Waals surface area contributed by atoms with Crippen molar-refractivity contribution >= 4 is 0 Å². The van der Waals surface area contributed by atoms with Gasteiger partial charge in [0.1, 0.15) is 0 Å². The van der Waals surface area contributed by atoms with Crippen molar-refractivity contribution in [1.29, 1.82) is 0 Å². The molecule has 72 valence electrons. The van der Waals surface area contributed by atoms with E-state index in [9.17, 15) is 0 Å². The van der Waals surface area contributed by atoms with Crippen LogP contribution >= 0.6 is 0 Å². The van der Waals surface area contributed by atoms with Gasteiger partial charge in [-0.05, 0) is 31.2 Å². The molecule has 0 aromatic carbocycles. The molecule has 2 nitrogen and oxygen atoms in total. The van der Waals surface area contributed by atoms with Crippen molar-refractivity contribution in [3.8, 4) is 0 Å². The SMILES string of the molecule is COC[C@@H]1CC[C@@H]1CNC(C)C. The summed E-state index contributed by atoms with van der Waals surface area (Å²) < 4.78 is 5.16. The van der Waals surface area contributed by atoms with Crippen molar-refractivity contribution in [2.45, 2.75) is 32.7 Å². The average Bonchev–Trinajstić information content (AvgIpc) is 1.98. The smallest absolute Gasteiger partial charge is 0.0493 e. The van der Waals surface area contributed by atoms with E-state index in [0.717, 1.165) is 18.4 Å². The lowest BCUT2D eigenvalue weighted by atomic mass is 9.74. The molecule has 1 aliphatic carbocycles. The molecule has 12 heavy (non-hydrogen) atoms. The highest BCUT2D eigenvalue weighted by molar-refractivity contribution is 4.82. The zero-order valence-corrected chi connectivity index (χ0v) is 8.47. The third kappa shape index (κ3) is 2.76. The van der Waals surface area contributed by atoms with E-state index in [0.29, 0.717) is 6.04 Å². The van der Waals surface area contributed by atoms with E-state index in [-0.39, 0.29) is 0 Å². The molecule has 0 aromatic rings. The molecular formula is C10H21NO. The molecule has 0 radical (unpaired) electrons. The lowest BCUT2D eigenvalue weighted by molar-refractivity contribution is 0.0587. The second-order valence-electron chi connectivity index (χ2n) is 4.12. The lowest BCUT2D eigenvalue weighted by Gasteiger charge is -2.36. The first-order valence-electron chi connectivity index (χ1n) is 4.96. The summed E-state index contributed by atoms with van der Waals surface area (Å²) >= 11 is 0. The Morgan fingerprint density at radius 2 is 2.00 bits per heavy atom. The molecule has 0 aliphatic heterocycles. The maximum atomic E-state index is 5.16. The Bertz CT molecular complexity index is 125. The van der Waals surface area contributed by atoms with Gasteiger partial charge >= 0.3 is 0 Å². The summed E-state index contributed by atoms with van der Waals surface area (Å²) in [4.78, 5) is 0. The Morgan fingerprint density at radius 3 is 2.42 bits per heavy atom. The molecule has 0 bridgehead atoms. The fraction of sp³-hybridized carbons (Fsp3) is 1.00. The standard InChI is InChI=1S/C10H21NO/c1-8(2)11-6-9-4-5-10(9)7-12-3/h8-11H,4-7H2,1-3H3/t9-,10+/m1/s1. The number of hydrogen-bond acceptors (Lipinski definition) is 2. The molecule has 0 amide bonds. The van der Waals surface area contributed by atoms with Crippen LogP contribution in [-0.2, 0) is 4.74 Å². The summed E-state index contributed by atoms with van der Waals surface area (Å²) in [6.45, 7) is 6.52. The van der Waals surface area contributed by atoms with Crippen LogP contribution in [-0.4, -0.2) is 26.3 Å². The van der Waals surface area contributed by atoms with E-state index in [1.165, 1.54) is 19.4 Å². The zero-order chi connectivity index (χ0) is 8.97. The number of rotatable bonds is 5.